The molecule has 0 saturated heterocycles. The molecule has 3 heterocycles. The van der Waals surface area contributed by atoms with E-state index < -0.39 is 11.6 Å². The highest BCUT2D eigenvalue weighted by Crippen LogP contribution is 2.21. The second-order valence-corrected chi connectivity index (χ2v) is 5.36. The molecule has 0 bridgehead atoms. The maximum atomic E-state index is 12.1. The Kier molecular flexibility index (Phi) is 4.34. The molecule has 2 N–H and O–H groups in total. The van der Waals surface area contributed by atoms with Crippen LogP contribution in [0.15, 0.2) is 57.9 Å². The molecule has 0 atom stereocenters. The Morgan fingerprint density at radius 1 is 1.30 bits per heavy atom. The summed E-state index contributed by atoms with van der Waals surface area (Å²) in [6, 6.07) is 10.5. The van der Waals surface area contributed by atoms with Crippen LogP contribution in [0, 0.1) is 0 Å². The summed E-state index contributed by atoms with van der Waals surface area (Å²) in [7, 11) is 0. The van der Waals surface area contributed by atoms with Crippen LogP contribution in [-0.4, -0.2) is 27.1 Å². The zero-order chi connectivity index (χ0) is 16.1. The number of amides is 1. The molecular formula is C15H11N5O2S. The number of thiophene rings is 1. The Labute approximate surface area is 134 Å². The highest BCUT2D eigenvalue weighted by atomic mass is 32.1. The van der Waals surface area contributed by atoms with E-state index in [4.69, 9.17) is 0 Å². The number of H-pyrrole nitrogens is 1. The molecule has 0 saturated carbocycles. The molecule has 3 rings (SSSR count). The molecule has 0 aliphatic heterocycles. The number of carbonyl (C=O) groups is 1. The first-order valence-electron chi connectivity index (χ1n) is 6.62. The lowest BCUT2D eigenvalue weighted by Gasteiger charge is -2.01. The summed E-state index contributed by atoms with van der Waals surface area (Å²) in [6.45, 7) is 0. The molecule has 0 unspecified atom stereocenters. The van der Waals surface area contributed by atoms with Gasteiger partial charge in [0.1, 0.15) is 5.69 Å². The van der Waals surface area contributed by atoms with Crippen molar-refractivity contribution in [3.8, 4) is 10.6 Å². The number of aromatic amines is 1. The third-order valence-electron chi connectivity index (χ3n) is 2.81. The molecule has 0 radical (unpaired) electrons. The molecule has 0 aromatic carbocycles. The molecule has 0 aliphatic rings. The summed E-state index contributed by atoms with van der Waals surface area (Å²) in [5, 5.41) is 5.68. The fraction of sp³-hybridized carbons (Fsp3) is 0. The number of pyridine rings is 1. The zero-order valence-corrected chi connectivity index (χ0v) is 12.6. The van der Waals surface area contributed by atoms with Gasteiger partial charge in [0.15, 0.2) is 0 Å². The van der Waals surface area contributed by atoms with Gasteiger partial charge in [0.25, 0.3) is 5.91 Å². The maximum absolute atomic E-state index is 12.1. The molecule has 114 valence electrons. The van der Waals surface area contributed by atoms with Gasteiger partial charge in [0.2, 0.25) is 0 Å². The molecule has 0 fully saturated rings. The molecule has 1 amide bonds. The number of carbonyl (C=O) groups excluding carboxylic acids is 1. The molecule has 7 nitrogen and oxygen atoms in total. The number of aromatic nitrogens is 3. The van der Waals surface area contributed by atoms with Crippen molar-refractivity contribution in [2.75, 3.05) is 0 Å². The van der Waals surface area contributed by atoms with Crippen molar-refractivity contribution in [2.45, 2.75) is 0 Å². The second kappa shape index (κ2) is 6.75. The average molecular weight is 325 g/mol. The first kappa shape index (κ1) is 14.8. The van der Waals surface area contributed by atoms with E-state index in [1.165, 1.54) is 23.6 Å². The first-order chi connectivity index (χ1) is 11.2. The monoisotopic (exact) mass is 325 g/mol. The average Bonchev–Trinajstić information content (AvgIpc) is 3.10. The summed E-state index contributed by atoms with van der Waals surface area (Å²) < 4.78 is 0. The number of nitrogens with zero attached hydrogens (tertiary/aromatic N) is 3. The fourth-order valence-electron chi connectivity index (χ4n) is 1.81. The van der Waals surface area contributed by atoms with Gasteiger partial charge >= 0.3 is 5.69 Å². The van der Waals surface area contributed by atoms with Crippen molar-refractivity contribution < 1.29 is 4.79 Å². The van der Waals surface area contributed by atoms with Gasteiger partial charge < -0.3 is 4.98 Å². The van der Waals surface area contributed by atoms with Gasteiger partial charge in [-0.05, 0) is 29.6 Å². The van der Waals surface area contributed by atoms with E-state index in [9.17, 15) is 9.59 Å². The molecule has 8 heteroatoms. The standard InChI is InChI=1S/C15H11N5O2S/c21-14(20-17-9-10-4-1-2-6-16-10)12-8-11(18-15(22)19-12)13-5-3-7-23-13/h1-9H,(H,20,21)(H,18,19,22)/b17-9+. The van der Waals surface area contributed by atoms with Crippen LogP contribution < -0.4 is 11.1 Å². The van der Waals surface area contributed by atoms with Gasteiger partial charge in [-0.25, -0.2) is 10.2 Å². The molecule has 0 aliphatic carbocycles. The van der Waals surface area contributed by atoms with E-state index in [1.54, 1.807) is 18.3 Å². The smallest absolute Gasteiger partial charge is 0.305 e. The van der Waals surface area contributed by atoms with E-state index in [1.807, 2.05) is 23.6 Å². The molecule has 3 aromatic heterocycles. The maximum Gasteiger partial charge on any atom is 0.346 e. The summed E-state index contributed by atoms with van der Waals surface area (Å²) in [4.78, 5) is 34.8. The third-order valence-corrected chi connectivity index (χ3v) is 3.72. The van der Waals surface area contributed by atoms with Gasteiger partial charge in [0.05, 0.1) is 22.5 Å². The summed E-state index contributed by atoms with van der Waals surface area (Å²) in [6.07, 6.45) is 3.03. The Morgan fingerprint density at radius 3 is 2.96 bits per heavy atom. The Morgan fingerprint density at radius 2 is 2.22 bits per heavy atom. The predicted octanol–water partition coefficient (Wildman–Crippen LogP) is 1.66. The van der Waals surface area contributed by atoms with Crippen LogP contribution >= 0.6 is 11.3 Å². The highest BCUT2D eigenvalue weighted by molar-refractivity contribution is 7.13. The summed E-state index contributed by atoms with van der Waals surface area (Å²) in [5.41, 5.74) is 2.88. The van der Waals surface area contributed by atoms with Crippen LogP contribution in [0.3, 0.4) is 0 Å². The van der Waals surface area contributed by atoms with Crippen LogP contribution in [0.4, 0.5) is 0 Å². The fourth-order valence-corrected chi connectivity index (χ4v) is 2.50. The van der Waals surface area contributed by atoms with E-state index in [2.05, 4.69) is 25.5 Å². The summed E-state index contributed by atoms with van der Waals surface area (Å²) in [5.74, 6) is -0.568. The van der Waals surface area contributed by atoms with E-state index in [0.717, 1.165) is 4.88 Å². The minimum absolute atomic E-state index is 0.00433. The van der Waals surface area contributed by atoms with Gasteiger partial charge in [-0.2, -0.15) is 10.1 Å². The van der Waals surface area contributed by atoms with Crippen molar-refractivity contribution >= 4 is 23.5 Å². The van der Waals surface area contributed by atoms with Gasteiger partial charge in [-0.3, -0.25) is 9.78 Å². The van der Waals surface area contributed by atoms with Crippen molar-refractivity contribution in [2.24, 2.45) is 5.10 Å². The van der Waals surface area contributed by atoms with Crippen LogP contribution in [0.25, 0.3) is 10.6 Å². The topological polar surface area (TPSA) is 100 Å². The Balaban J connectivity index is 1.77. The number of nitrogens with one attached hydrogen (secondary N) is 2. The van der Waals surface area contributed by atoms with Gasteiger partial charge in [-0.1, -0.05) is 12.1 Å². The van der Waals surface area contributed by atoms with E-state index >= 15 is 0 Å². The summed E-state index contributed by atoms with van der Waals surface area (Å²) >= 11 is 1.45. The van der Waals surface area contributed by atoms with Crippen molar-refractivity contribution in [1.29, 1.82) is 0 Å². The lowest BCUT2D eigenvalue weighted by atomic mass is 10.3. The van der Waals surface area contributed by atoms with Crippen LogP contribution in [0.1, 0.15) is 16.2 Å². The quantitative estimate of drug-likeness (QED) is 0.563. The largest absolute Gasteiger partial charge is 0.346 e. The van der Waals surface area contributed by atoms with Crippen LogP contribution in [-0.2, 0) is 0 Å². The van der Waals surface area contributed by atoms with Crippen molar-refractivity contribution in [3.63, 3.8) is 0 Å². The molecule has 3 aromatic rings. The molecule has 0 spiro atoms. The Bertz CT molecular complexity index is 888. The van der Waals surface area contributed by atoms with Crippen LogP contribution in [0.5, 0.6) is 0 Å². The van der Waals surface area contributed by atoms with Crippen LogP contribution in [0.2, 0.25) is 0 Å². The zero-order valence-electron chi connectivity index (χ0n) is 11.8. The number of hydrogen-bond acceptors (Lipinski definition) is 6. The molecule has 23 heavy (non-hydrogen) atoms. The second-order valence-electron chi connectivity index (χ2n) is 4.42. The minimum Gasteiger partial charge on any atom is -0.305 e. The highest BCUT2D eigenvalue weighted by Gasteiger charge is 2.10. The Hall–Kier alpha value is -3.13. The predicted molar refractivity (Wildman–Crippen MR) is 87.5 cm³/mol. The number of hydrazone groups is 1. The number of rotatable bonds is 4. The van der Waals surface area contributed by atoms with Crippen molar-refractivity contribution in [1.82, 2.24) is 20.4 Å². The third kappa shape index (κ3) is 3.74. The van der Waals surface area contributed by atoms with Gasteiger partial charge in [-0.15, -0.1) is 11.3 Å². The lowest BCUT2D eigenvalue weighted by molar-refractivity contribution is 0.0949. The number of hydrogen-bond donors (Lipinski definition) is 2. The van der Waals surface area contributed by atoms with E-state index in [0.29, 0.717) is 11.4 Å². The lowest BCUT2D eigenvalue weighted by Crippen LogP contribution is -2.24. The first-order valence-corrected chi connectivity index (χ1v) is 7.50. The van der Waals surface area contributed by atoms with Crippen molar-refractivity contribution in [3.05, 3.63) is 69.8 Å². The minimum atomic E-state index is -0.588. The molecular weight excluding hydrogens is 314 g/mol. The van der Waals surface area contributed by atoms with Gasteiger partial charge in [0, 0.05) is 6.20 Å². The van der Waals surface area contributed by atoms with E-state index in [-0.39, 0.29) is 5.69 Å². The SMILES string of the molecule is O=C(N/N=C/c1ccccn1)c1cc(-c2cccs2)[nH]c(=O)n1. The normalized spacial score (nSPS) is 10.8.